The molecular weight excluding hydrogens is 464 g/mol. The normalized spacial score (nSPS) is 11.5. The van der Waals surface area contributed by atoms with Gasteiger partial charge in [0.15, 0.2) is 5.76 Å². The van der Waals surface area contributed by atoms with E-state index >= 15 is 0 Å². The number of sulfonamides is 1. The number of nitrogens with one attached hydrogen (secondary N) is 1. The predicted molar refractivity (Wildman–Crippen MR) is 97.4 cm³/mol. The third kappa shape index (κ3) is 3.91. The molecule has 0 amide bonds. The highest BCUT2D eigenvalue weighted by Gasteiger charge is 2.21. The molecule has 4 N–H and O–H groups in total. The lowest BCUT2D eigenvalue weighted by atomic mass is 10.1. The third-order valence-electron chi connectivity index (χ3n) is 3.26. The van der Waals surface area contributed by atoms with Crippen molar-refractivity contribution in [2.45, 2.75) is 4.90 Å². The molecular formula is C15H11FIN3O4S. The van der Waals surface area contributed by atoms with E-state index in [0.717, 1.165) is 15.7 Å². The van der Waals surface area contributed by atoms with Crippen molar-refractivity contribution in [1.82, 2.24) is 5.16 Å². The van der Waals surface area contributed by atoms with E-state index in [1.165, 1.54) is 6.07 Å². The Hall–Kier alpha value is -2.18. The number of primary sulfonamides is 1. The minimum atomic E-state index is -4.28. The first kappa shape index (κ1) is 17.6. The highest BCUT2D eigenvalue weighted by molar-refractivity contribution is 14.1. The summed E-state index contributed by atoms with van der Waals surface area (Å²) < 4.78 is 43.3. The SMILES string of the molecule is NS(=O)(=O)c1cc(-c2cc(O)no2)c(Nc2ccc(I)cc2)cc1F. The van der Waals surface area contributed by atoms with E-state index in [4.69, 9.17) is 9.66 Å². The minimum absolute atomic E-state index is 0.0513. The van der Waals surface area contributed by atoms with E-state index in [2.05, 4.69) is 33.1 Å². The number of nitrogens with zero attached hydrogens (tertiary/aromatic N) is 1. The summed E-state index contributed by atoms with van der Waals surface area (Å²) in [6, 6.07) is 10.4. The topological polar surface area (TPSA) is 118 Å². The molecule has 0 fully saturated rings. The second-order valence-corrected chi connectivity index (χ2v) is 7.83. The molecule has 0 unspecified atom stereocenters. The van der Waals surface area contributed by atoms with Crippen LogP contribution in [-0.4, -0.2) is 18.7 Å². The van der Waals surface area contributed by atoms with Crippen LogP contribution in [0.4, 0.5) is 15.8 Å². The number of hydrogen-bond donors (Lipinski definition) is 3. The Balaban J connectivity index is 2.15. The Kier molecular flexibility index (Phi) is 4.67. The van der Waals surface area contributed by atoms with Crippen molar-refractivity contribution >= 4 is 44.0 Å². The second kappa shape index (κ2) is 6.61. The summed E-state index contributed by atoms with van der Waals surface area (Å²) in [4.78, 5) is -0.688. The predicted octanol–water partition coefficient (Wildman–Crippen LogP) is 3.18. The molecule has 130 valence electrons. The minimum Gasteiger partial charge on any atom is -0.491 e. The van der Waals surface area contributed by atoms with E-state index in [1.54, 1.807) is 12.1 Å². The van der Waals surface area contributed by atoms with Crippen LogP contribution in [0.2, 0.25) is 0 Å². The van der Waals surface area contributed by atoms with Gasteiger partial charge in [-0.3, -0.25) is 0 Å². The Bertz CT molecular complexity index is 1040. The Morgan fingerprint density at radius 3 is 2.44 bits per heavy atom. The molecule has 3 aromatic rings. The molecule has 0 radical (unpaired) electrons. The number of benzene rings is 2. The average molecular weight is 475 g/mol. The maximum Gasteiger partial charge on any atom is 0.252 e. The zero-order chi connectivity index (χ0) is 18.2. The molecule has 0 bridgehead atoms. The van der Waals surface area contributed by atoms with Gasteiger partial charge in [-0.05, 0) is 64.1 Å². The highest BCUT2D eigenvalue weighted by atomic mass is 127. The van der Waals surface area contributed by atoms with Gasteiger partial charge in [-0.2, -0.15) is 0 Å². The van der Waals surface area contributed by atoms with Crippen molar-refractivity contribution in [3.05, 3.63) is 51.9 Å². The molecule has 0 saturated heterocycles. The summed E-state index contributed by atoms with van der Waals surface area (Å²) in [5, 5.41) is 20.7. The van der Waals surface area contributed by atoms with Crippen LogP contribution < -0.4 is 10.5 Å². The van der Waals surface area contributed by atoms with Gasteiger partial charge in [0.2, 0.25) is 10.0 Å². The lowest BCUT2D eigenvalue weighted by Gasteiger charge is -2.13. The Morgan fingerprint density at radius 1 is 1.20 bits per heavy atom. The third-order valence-corrected chi connectivity index (χ3v) is 4.91. The first-order valence-corrected chi connectivity index (χ1v) is 9.41. The van der Waals surface area contributed by atoms with Crippen molar-refractivity contribution in [1.29, 1.82) is 0 Å². The number of aromatic nitrogens is 1. The Morgan fingerprint density at radius 2 is 1.88 bits per heavy atom. The van der Waals surface area contributed by atoms with Crippen LogP contribution in [0, 0.1) is 9.39 Å². The number of anilines is 2. The Labute approximate surface area is 155 Å². The van der Waals surface area contributed by atoms with Gasteiger partial charge in [0.25, 0.3) is 5.88 Å². The number of halogens is 2. The first-order chi connectivity index (χ1) is 11.7. The molecule has 0 atom stereocenters. The lowest BCUT2D eigenvalue weighted by Crippen LogP contribution is -2.14. The van der Waals surface area contributed by atoms with E-state index in [-0.39, 0.29) is 17.0 Å². The van der Waals surface area contributed by atoms with Gasteiger partial charge in [0.05, 0.1) is 5.69 Å². The zero-order valence-electron chi connectivity index (χ0n) is 12.4. The summed E-state index contributed by atoms with van der Waals surface area (Å²) >= 11 is 2.15. The van der Waals surface area contributed by atoms with Crippen LogP contribution in [0.5, 0.6) is 5.88 Å². The molecule has 25 heavy (non-hydrogen) atoms. The van der Waals surface area contributed by atoms with Gasteiger partial charge in [-0.25, -0.2) is 17.9 Å². The fraction of sp³-hybridized carbons (Fsp3) is 0. The van der Waals surface area contributed by atoms with Gasteiger partial charge in [0, 0.05) is 20.9 Å². The van der Waals surface area contributed by atoms with Gasteiger partial charge < -0.3 is 14.9 Å². The van der Waals surface area contributed by atoms with Crippen molar-refractivity contribution in [3.8, 4) is 17.2 Å². The average Bonchev–Trinajstić information content (AvgIpc) is 2.95. The van der Waals surface area contributed by atoms with Crippen LogP contribution in [0.1, 0.15) is 0 Å². The van der Waals surface area contributed by atoms with Gasteiger partial charge in [-0.15, -0.1) is 0 Å². The zero-order valence-corrected chi connectivity index (χ0v) is 15.4. The number of aromatic hydroxyl groups is 1. The van der Waals surface area contributed by atoms with Crippen LogP contribution in [0.3, 0.4) is 0 Å². The molecule has 0 aliphatic rings. The summed E-state index contributed by atoms with van der Waals surface area (Å²) in [5.74, 6) is -1.35. The molecule has 0 aliphatic heterocycles. The fourth-order valence-corrected chi connectivity index (χ4v) is 3.13. The van der Waals surface area contributed by atoms with Crippen LogP contribution in [-0.2, 0) is 10.0 Å². The molecule has 3 rings (SSSR count). The highest BCUT2D eigenvalue weighted by Crippen LogP contribution is 2.35. The quantitative estimate of drug-likeness (QED) is 0.499. The monoisotopic (exact) mass is 475 g/mol. The number of rotatable bonds is 4. The van der Waals surface area contributed by atoms with E-state index in [9.17, 15) is 17.9 Å². The number of hydrogen-bond acceptors (Lipinski definition) is 6. The summed E-state index contributed by atoms with van der Waals surface area (Å²) in [6.07, 6.45) is 0. The van der Waals surface area contributed by atoms with Gasteiger partial charge >= 0.3 is 0 Å². The molecule has 0 saturated carbocycles. The lowest BCUT2D eigenvalue weighted by molar-refractivity contribution is 0.365. The van der Waals surface area contributed by atoms with Crippen LogP contribution >= 0.6 is 22.6 Å². The van der Waals surface area contributed by atoms with Crippen LogP contribution in [0.15, 0.2) is 51.9 Å². The first-order valence-electron chi connectivity index (χ1n) is 6.79. The molecule has 0 spiro atoms. The van der Waals surface area contributed by atoms with Crippen molar-refractivity contribution in [3.63, 3.8) is 0 Å². The largest absolute Gasteiger partial charge is 0.491 e. The standard InChI is InChI=1S/C15H11FIN3O4S/c16-11-6-12(19-9-3-1-8(17)2-4-9)10(5-14(11)25(18,22)23)13-7-15(21)20-24-13/h1-7,19H,(H,20,21)(H2,18,22,23). The molecule has 2 aromatic carbocycles. The fourth-order valence-electron chi connectivity index (χ4n) is 2.16. The van der Waals surface area contributed by atoms with E-state index in [1.807, 2.05) is 12.1 Å². The van der Waals surface area contributed by atoms with Crippen LogP contribution in [0.25, 0.3) is 11.3 Å². The molecule has 0 aliphatic carbocycles. The van der Waals surface area contributed by atoms with Crippen molar-refractivity contribution < 1.29 is 22.4 Å². The van der Waals surface area contributed by atoms with E-state index in [0.29, 0.717) is 5.69 Å². The maximum absolute atomic E-state index is 14.2. The van der Waals surface area contributed by atoms with Gasteiger partial charge in [-0.1, -0.05) is 0 Å². The molecule has 7 nitrogen and oxygen atoms in total. The maximum atomic E-state index is 14.2. The molecule has 10 heteroatoms. The van der Waals surface area contributed by atoms with Crippen molar-refractivity contribution in [2.24, 2.45) is 5.14 Å². The molecule has 1 aromatic heterocycles. The number of nitrogens with two attached hydrogens (primary N) is 1. The summed E-state index contributed by atoms with van der Waals surface area (Å²) in [5.41, 5.74) is 1.05. The van der Waals surface area contributed by atoms with E-state index < -0.39 is 26.6 Å². The second-order valence-electron chi connectivity index (χ2n) is 5.05. The molecule has 1 heterocycles. The van der Waals surface area contributed by atoms with Gasteiger partial charge in [0.1, 0.15) is 10.7 Å². The smallest absolute Gasteiger partial charge is 0.252 e. The summed E-state index contributed by atoms with van der Waals surface area (Å²) in [6.45, 7) is 0. The summed E-state index contributed by atoms with van der Waals surface area (Å²) in [7, 11) is -4.28. The van der Waals surface area contributed by atoms with Crippen molar-refractivity contribution in [2.75, 3.05) is 5.32 Å².